The Bertz CT molecular complexity index is 246. The van der Waals surface area contributed by atoms with Crippen LogP contribution in [0.25, 0.3) is 0 Å². The zero-order chi connectivity index (χ0) is 8.10. The molecule has 1 aromatic carbocycles. The highest BCUT2D eigenvalue weighted by molar-refractivity contribution is 6.65. The Morgan fingerprint density at radius 2 is 2.00 bits per heavy atom. The highest BCUT2D eigenvalue weighted by Crippen LogP contribution is 2.02. The third-order valence-electron chi connectivity index (χ3n) is 1.30. The van der Waals surface area contributed by atoms with Crippen molar-refractivity contribution in [3.05, 3.63) is 35.9 Å². The van der Waals surface area contributed by atoms with Crippen LogP contribution in [0.2, 0.25) is 0 Å². The predicted octanol–water partition coefficient (Wildman–Crippen LogP) is 2.26. The molecular formula is C8H8ClNO. The molecule has 0 saturated carbocycles. The van der Waals surface area contributed by atoms with Crippen LogP contribution in [-0.4, -0.2) is 10.4 Å². The number of hydrogen-bond donors (Lipinski definition) is 1. The highest BCUT2D eigenvalue weighted by atomic mass is 35.5. The summed E-state index contributed by atoms with van der Waals surface area (Å²) in [6.07, 6.45) is 0.485. The van der Waals surface area contributed by atoms with Crippen molar-refractivity contribution in [2.45, 2.75) is 6.42 Å². The molecule has 0 spiro atoms. The number of hydrogen-bond acceptors (Lipinski definition) is 2. The smallest absolute Gasteiger partial charge is 0.149 e. The minimum atomic E-state index is 0.205. The second-order valence-corrected chi connectivity index (χ2v) is 2.57. The molecule has 0 heterocycles. The van der Waals surface area contributed by atoms with Crippen LogP contribution in [0.3, 0.4) is 0 Å². The first-order chi connectivity index (χ1) is 5.33. The first-order valence-electron chi connectivity index (χ1n) is 3.23. The molecule has 2 nitrogen and oxygen atoms in total. The third-order valence-corrected chi connectivity index (χ3v) is 1.51. The van der Waals surface area contributed by atoms with Crippen LogP contribution >= 0.6 is 11.6 Å². The zero-order valence-corrected chi connectivity index (χ0v) is 6.62. The number of halogens is 1. The van der Waals surface area contributed by atoms with Crippen molar-refractivity contribution in [1.82, 2.24) is 0 Å². The van der Waals surface area contributed by atoms with E-state index in [0.29, 0.717) is 6.42 Å². The van der Waals surface area contributed by atoms with Gasteiger partial charge in [-0.05, 0) is 5.56 Å². The van der Waals surface area contributed by atoms with Gasteiger partial charge < -0.3 is 5.21 Å². The van der Waals surface area contributed by atoms with Gasteiger partial charge in [-0.15, -0.1) is 0 Å². The Kier molecular flexibility index (Phi) is 2.93. The van der Waals surface area contributed by atoms with Crippen LogP contribution in [0, 0.1) is 0 Å². The average Bonchev–Trinajstić information content (AvgIpc) is 2.06. The summed E-state index contributed by atoms with van der Waals surface area (Å²) in [6, 6.07) is 9.60. The molecule has 0 aromatic heterocycles. The van der Waals surface area contributed by atoms with Gasteiger partial charge in [0.25, 0.3) is 0 Å². The van der Waals surface area contributed by atoms with Gasteiger partial charge in [-0.1, -0.05) is 47.1 Å². The zero-order valence-electron chi connectivity index (χ0n) is 5.87. The van der Waals surface area contributed by atoms with E-state index in [1.54, 1.807) is 0 Å². The summed E-state index contributed by atoms with van der Waals surface area (Å²) in [5.74, 6) is 0. The molecule has 58 valence electrons. The van der Waals surface area contributed by atoms with Crippen LogP contribution in [0.1, 0.15) is 5.56 Å². The van der Waals surface area contributed by atoms with E-state index in [0.717, 1.165) is 5.56 Å². The summed E-state index contributed by atoms with van der Waals surface area (Å²) in [4.78, 5) is 0. The highest BCUT2D eigenvalue weighted by Gasteiger charge is 1.95. The van der Waals surface area contributed by atoms with Crippen molar-refractivity contribution < 1.29 is 5.21 Å². The van der Waals surface area contributed by atoms with E-state index in [2.05, 4.69) is 5.16 Å². The van der Waals surface area contributed by atoms with Gasteiger partial charge in [0, 0.05) is 6.42 Å². The molecular weight excluding hydrogens is 162 g/mol. The first kappa shape index (κ1) is 8.08. The maximum atomic E-state index is 8.25. The van der Waals surface area contributed by atoms with Gasteiger partial charge in [-0.3, -0.25) is 0 Å². The maximum absolute atomic E-state index is 8.25. The third kappa shape index (κ3) is 2.60. The Labute approximate surface area is 70.1 Å². The molecule has 1 rings (SSSR count). The Morgan fingerprint density at radius 1 is 1.36 bits per heavy atom. The number of benzene rings is 1. The minimum Gasteiger partial charge on any atom is -0.410 e. The van der Waals surface area contributed by atoms with E-state index in [4.69, 9.17) is 16.8 Å². The lowest BCUT2D eigenvalue weighted by Crippen LogP contribution is -1.93. The quantitative estimate of drug-likeness (QED) is 0.411. The normalized spacial score (nSPS) is 11.5. The molecule has 0 aliphatic rings. The molecule has 1 N–H and O–H groups in total. The van der Waals surface area contributed by atoms with Crippen LogP contribution in [-0.2, 0) is 6.42 Å². The minimum absolute atomic E-state index is 0.205. The number of nitrogens with zero attached hydrogens (tertiary/aromatic N) is 1. The van der Waals surface area contributed by atoms with Crippen molar-refractivity contribution in [2.75, 3.05) is 0 Å². The van der Waals surface area contributed by atoms with E-state index in [1.807, 2.05) is 30.3 Å². The number of rotatable bonds is 2. The average molecular weight is 170 g/mol. The van der Waals surface area contributed by atoms with Crippen LogP contribution in [0.4, 0.5) is 0 Å². The monoisotopic (exact) mass is 169 g/mol. The lowest BCUT2D eigenvalue weighted by molar-refractivity contribution is 0.319. The molecule has 0 fully saturated rings. The fourth-order valence-electron chi connectivity index (χ4n) is 0.800. The van der Waals surface area contributed by atoms with E-state index in [1.165, 1.54) is 0 Å². The largest absolute Gasteiger partial charge is 0.410 e. The van der Waals surface area contributed by atoms with E-state index in [-0.39, 0.29) is 5.17 Å². The molecule has 1 aromatic rings. The molecule has 0 radical (unpaired) electrons. The van der Waals surface area contributed by atoms with Crippen LogP contribution < -0.4 is 0 Å². The lowest BCUT2D eigenvalue weighted by atomic mass is 10.2. The summed E-state index contributed by atoms with van der Waals surface area (Å²) >= 11 is 5.50. The van der Waals surface area contributed by atoms with Crippen LogP contribution in [0.15, 0.2) is 35.5 Å². The van der Waals surface area contributed by atoms with Crippen molar-refractivity contribution in [3.63, 3.8) is 0 Å². The standard InChI is InChI=1S/C8H8ClNO/c9-8(10-11)6-7-4-2-1-3-5-7/h1-5,11H,6H2/b10-8+. The molecule has 0 atom stereocenters. The van der Waals surface area contributed by atoms with Crippen molar-refractivity contribution in [1.29, 1.82) is 0 Å². The van der Waals surface area contributed by atoms with E-state index < -0.39 is 0 Å². The Hall–Kier alpha value is -1.02. The second kappa shape index (κ2) is 3.98. The summed E-state index contributed by atoms with van der Waals surface area (Å²) in [5.41, 5.74) is 1.04. The van der Waals surface area contributed by atoms with Crippen molar-refractivity contribution in [3.8, 4) is 0 Å². The van der Waals surface area contributed by atoms with E-state index >= 15 is 0 Å². The number of oxime groups is 1. The van der Waals surface area contributed by atoms with E-state index in [9.17, 15) is 0 Å². The molecule has 0 unspecified atom stereocenters. The summed E-state index contributed by atoms with van der Waals surface area (Å²) < 4.78 is 0. The van der Waals surface area contributed by atoms with Gasteiger partial charge >= 0.3 is 0 Å². The van der Waals surface area contributed by atoms with Gasteiger partial charge in [0.05, 0.1) is 0 Å². The fourth-order valence-corrected chi connectivity index (χ4v) is 0.954. The second-order valence-electron chi connectivity index (χ2n) is 2.14. The molecule has 3 heteroatoms. The molecule has 11 heavy (non-hydrogen) atoms. The first-order valence-corrected chi connectivity index (χ1v) is 3.61. The van der Waals surface area contributed by atoms with Gasteiger partial charge in [-0.25, -0.2) is 0 Å². The Morgan fingerprint density at radius 3 is 2.55 bits per heavy atom. The summed E-state index contributed by atoms with van der Waals surface area (Å²) in [6.45, 7) is 0. The summed E-state index contributed by atoms with van der Waals surface area (Å²) in [5, 5.41) is 11.3. The Balaban J connectivity index is 2.65. The van der Waals surface area contributed by atoms with Crippen molar-refractivity contribution >= 4 is 16.8 Å². The topological polar surface area (TPSA) is 32.6 Å². The van der Waals surface area contributed by atoms with Crippen molar-refractivity contribution in [2.24, 2.45) is 5.16 Å². The SMILES string of the molecule is O/N=C(/Cl)Cc1ccccc1. The fraction of sp³-hybridized carbons (Fsp3) is 0.125. The molecule has 0 aliphatic carbocycles. The van der Waals surface area contributed by atoms with Gasteiger partial charge in [0.15, 0.2) is 0 Å². The molecule has 0 saturated heterocycles. The van der Waals surface area contributed by atoms with Crippen LogP contribution in [0.5, 0.6) is 0 Å². The van der Waals surface area contributed by atoms with Gasteiger partial charge in [0.1, 0.15) is 5.17 Å². The van der Waals surface area contributed by atoms with Gasteiger partial charge in [-0.2, -0.15) is 0 Å². The predicted molar refractivity (Wildman–Crippen MR) is 45.2 cm³/mol. The summed E-state index contributed by atoms with van der Waals surface area (Å²) in [7, 11) is 0. The molecule has 0 bridgehead atoms. The lowest BCUT2D eigenvalue weighted by Gasteiger charge is -1.95. The molecule has 0 aliphatic heterocycles. The molecule has 0 amide bonds. The van der Waals surface area contributed by atoms with Gasteiger partial charge in [0.2, 0.25) is 0 Å². The maximum Gasteiger partial charge on any atom is 0.149 e.